The molecule has 2 aromatic heterocycles. The SMILES string of the molecule is Cc1oncc1CN1C[C@@H](F)C[C@H]1CNC(=O)c1cnns1. The number of amides is 1. The zero-order chi connectivity index (χ0) is 15.5. The van der Waals surface area contributed by atoms with Gasteiger partial charge in [-0.25, -0.2) is 4.39 Å². The van der Waals surface area contributed by atoms with Gasteiger partial charge in [-0.3, -0.25) is 9.69 Å². The number of halogens is 1. The Bertz CT molecular complexity index is 632. The summed E-state index contributed by atoms with van der Waals surface area (Å²) >= 11 is 1.04. The molecule has 0 aromatic carbocycles. The Morgan fingerprint density at radius 3 is 3.14 bits per heavy atom. The molecule has 1 aliphatic rings. The minimum Gasteiger partial charge on any atom is -0.361 e. The molecule has 0 spiro atoms. The molecule has 118 valence electrons. The second-order valence-electron chi connectivity index (χ2n) is 5.32. The topological polar surface area (TPSA) is 84.2 Å². The lowest BCUT2D eigenvalue weighted by Gasteiger charge is -2.23. The normalized spacial score (nSPS) is 22.1. The number of hydrogen-bond donors (Lipinski definition) is 1. The van der Waals surface area contributed by atoms with Crippen molar-refractivity contribution in [3.05, 3.63) is 28.6 Å². The molecule has 1 saturated heterocycles. The van der Waals surface area contributed by atoms with E-state index in [0.29, 0.717) is 30.9 Å². The maximum atomic E-state index is 13.7. The molecule has 9 heteroatoms. The number of likely N-dealkylation sites (tertiary alicyclic amines) is 1. The van der Waals surface area contributed by atoms with Crippen LogP contribution in [0.3, 0.4) is 0 Å². The van der Waals surface area contributed by atoms with Crippen molar-refractivity contribution in [1.29, 1.82) is 0 Å². The van der Waals surface area contributed by atoms with Gasteiger partial charge in [-0.2, -0.15) is 0 Å². The second kappa shape index (κ2) is 6.49. The maximum absolute atomic E-state index is 13.7. The van der Waals surface area contributed by atoms with Crippen LogP contribution in [0, 0.1) is 6.92 Å². The molecule has 22 heavy (non-hydrogen) atoms. The Labute approximate surface area is 130 Å². The van der Waals surface area contributed by atoms with Gasteiger partial charge in [0, 0.05) is 31.2 Å². The van der Waals surface area contributed by atoms with Crippen molar-refractivity contribution in [3.8, 4) is 0 Å². The average molecular weight is 325 g/mol. The number of hydrogen-bond acceptors (Lipinski definition) is 7. The predicted molar refractivity (Wildman–Crippen MR) is 77.2 cm³/mol. The third-order valence-corrected chi connectivity index (χ3v) is 4.45. The fourth-order valence-electron chi connectivity index (χ4n) is 2.58. The van der Waals surface area contributed by atoms with E-state index in [4.69, 9.17) is 4.52 Å². The number of nitrogens with zero attached hydrogens (tertiary/aromatic N) is 4. The van der Waals surface area contributed by atoms with E-state index in [1.54, 1.807) is 6.20 Å². The molecule has 2 atom stereocenters. The molecule has 0 unspecified atom stereocenters. The number of carbonyl (C=O) groups is 1. The number of nitrogens with one attached hydrogen (secondary N) is 1. The van der Waals surface area contributed by atoms with Crippen LogP contribution in [0.2, 0.25) is 0 Å². The number of aryl methyl sites for hydroxylation is 1. The highest BCUT2D eigenvalue weighted by molar-refractivity contribution is 7.07. The third-order valence-electron chi connectivity index (χ3n) is 3.78. The van der Waals surface area contributed by atoms with Gasteiger partial charge < -0.3 is 9.84 Å². The highest BCUT2D eigenvalue weighted by Crippen LogP contribution is 2.23. The van der Waals surface area contributed by atoms with Crippen molar-refractivity contribution in [3.63, 3.8) is 0 Å². The van der Waals surface area contributed by atoms with Gasteiger partial charge in [0.15, 0.2) is 0 Å². The van der Waals surface area contributed by atoms with Gasteiger partial charge in [0.2, 0.25) is 0 Å². The largest absolute Gasteiger partial charge is 0.361 e. The van der Waals surface area contributed by atoms with Crippen LogP contribution in [-0.4, -0.2) is 50.9 Å². The summed E-state index contributed by atoms with van der Waals surface area (Å²) in [6.45, 7) is 3.14. The molecule has 0 aliphatic carbocycles. The minimum atomic E-state index is -0.882. The van der Waals surface area contributed by atoms with E-state index >= 15 is 0 Å². The molecule has 0 saturated carbocycles. The summed E-state index contributed by atoms with van der Waals surface area (Å²) < 4.78 is 22.4. The Kier molecular flexibility index (Phi) is 4.44. The summed E-state index contributed by atoms with van der Waals surface area (Å²) in [5, 5.41) is 10.2. The molecule has 3 rings (SSSR count). The van der Waals surface area contributed by atoms with E-state index in [0.717, 1.165) is 22.9 Å². The first-order valence-corrected chi connectivity index (χ1v) is 7.74. The predicted octanol–water partition coefficient (Wildman–Crippen LogP) is 1.18. The summed E-state index contributed by atoms with van der Waals surface area (Å²) in [5.74, 6) is 0.513. The lowest BCUT2D eigenvalue weighted by Crippen LogP contribution is -2.39. The van der Waals surface area contributed by atoms with Gasteiger partial charge in [-0.05, 0) is 24.9 Å². The van der Waals surface area contributed by atoms with Crippen LogP contribution < -0.4 is 5.32 Å². The first-order chi connectivity index (χ1) is 10.6. The van der Waals surface area contributed by atoms with Crippen LogP contribution in [0.5, 0.6) is 0 Å². The highest BCUT2D eigenvalue weighted by Gasteiger charge is 2.32. The molecule has 1 aliphatic heterocycles. The monoisotopic (exact) mass is 325 g/mol. The summed E-state index contributed by atoms with van der Waals surface area (Å²) in [6, 6.07) is -0.0471. The van der Waals surface area contributed by atoms with Gasteiger partial charge in [0.05, 0.1) is 12.4 Å². The molecular weight excluding hydrogens is 309 g/mol. The van der Waals surface area contributed by atoms with Crippen molar-refractivity contribution in [2.24, 2.45) is 0 Å². The van der Waals surface area contributed by atoms with Crippen molar-refractivity contribution < 1.29 is 13.7 Å². The van der Waals surface area contributed by atoms with Gasteiger partial charge in [0.25, 0.3) is 5.91 Å². The Morgan fingerprint density at radius 2 is 2.45 bits per heavy atom. The molecule has 1 fully saturated rings. The lowest BCUT2D eigenvalue weighted by atomic mass is 10.2. The molecule has 1 N–H and O–H groups in total. The lowest BCUT2D eigenvalue weighted by molar-refractivity contribution is 0.0943. The molecule has 2 aromatic rings. The van der Waals surface area contributed by atoms with E-state index in [2.05, 4.69) is 20.1 Å². The molecule has 3 heterocycles. The third kappa shape index (κ3) is 3.30. The number of alkyl halides is 1. The van der Waals surface area contributed by atoms with Crippen LogP contribution >= 0.6 is 11.5 Å². The standard InChI is InChI=1S/C13H16FN5O2S/c1-8-9(3-17-21-8)6-19-7-10(14)2-11(19)4-15-13(20)12-5-16-18-22-12/h3,5,10-11H,2,4,6-7H2,1H3,(H,15,20)/t10-,11-/m0/s1. The zero-order valence-electron chi connectivity index (χ0n) is 12.0. The quantitative estimate of drug-likeness (QED) is 0.888. The van der Waals surface area contributed by atoms with Crippen LogP contribution in [-0.2, 0) is 6.54 Å². The van der Waals surface area contributed by atoms with Crippen molar-refractivity contribution in [2.45, 2.75) is 32.1 Å². The average Bonchev–Trinajstić information content (AvgIpc) is 3.20. The molecule has 7 nitrogen and oxygen atoms in total. The minimum absolute atomic E-state index is 0.0471. The number of aromatic nitrogens is 3. The molecule has 1 amide bonds. The van der Waals surface area contributed by atoms with Crippen LogP contribution in [0.1, 0.15) is 27.4 Å². The van der Waals surface area contributed by atoms with Crippen LogP contribution in [0.4, 0.5) is 4.39 Å². The van der Waals surface area contributed by atoms with E-state index in [-0.39, 0.29) is 11.9 Å². The summed E-state index contributed by atoms with van der Waals surface area (Å²) in [4.78, 5) is 14.4. The number of rotatable bonds is 5. The summed E-state index contributed by atoms with van der Waals surface area (Å²) in [6.07, 6.45) is 2.60. The Hall–Kier alpha value is -1.87. The second-order valence-corrected chi connectivity index (χ2v) is 6.10. The van der Waals surface area contributed by atoms with Crippen molar-refractivity contribution >= 4 is 17.4 Å². The first kappa shape index (κ1) is 15.0. The van der Waals surface area contributed by atoms with Crippen molar-refractivity contribution in [2.75, 3.05) is 13.1 Å². The highest BCUT2D eigenvalue weighted by atomic mass is 32.1. The van der Waals surface area contributed by atoms with Gasteiger partial charge in [-0.15, -0.1) is 5.10 Å². The van der Waals surface area contributed by atoms with E-state index in [1.165, 1.54) is 6.20 Å². The fraction of sp³-hybridized carbons (Fsp3) is 0.538. The number of carbonyl (C=O) groups excluding carboxylic acids is 1. The van der Waals surface area contributed by atoms with E-state index < -0.39 is 6.17 Å². The molecule has 0 radical (unpaired) electrons. The zero-order valence-corrected chi connectivity index (χ0v) is 12.8. The van der Waals surface area contributed by atoms with Gasteiger partial charge >= 0.3 is 0 Å². The smallest absolute Gasteiger partial charge is 0.264 e. The Morgan fingerprint density at radius 1 is 1.59 bits per heavy atom. The van der Waals surface area contributed by atoms with Gasteiger partial charge in [-0.1, -0.05) is 9.64 Å². The van der Waals surface area contributed by atoms with Crippen molar-refractivity contribution in [1.82, 2.24) is 25.0 Å². The first-order valence-electron chi connectivity index (χ1n) is 6.97. The van der Waals surface area contributed by atoms with Gasteiger partial charge in [0.1, 0.15) is 16.8 Å². The van der Waals surface area contributed by atoms with E-state index in [1.807, 2.05) is 11.8 Å². The molecule has 0 bridgehead atoms. The van der Waals surface area contributed by atoms with Crippen LogP contribution in [0.15, 0.2) is 16.9 Å². The summed E-state index contributed by atoms with van der Waals surface area (Å²) in [7, 11) is 0. The molecular formula is C13H16FN5O2S. The van der Waals surface area contributed by atoms with E-state index in [9.17, 15) is 9.18 Å². The maximum Gasteiger partial charge on any atom is 0.264 e. The van der Waals surface area contributed by atoms with Crippen LogP contribution in [0.25, 0.3) is 0 Å². The Balaban J connectivity index is 1.59. The fourth-order valence-corrected chi connectivity index (χ4v) is 3.01. The summed E-state index contributed by atoms with van der Waals surface area (Å²) in [5.41, 5.74) is 0.942.